The number of amides is 1. The van der Waals surface area contributed by atoms with Gasteiger partial charge < -0.3 is 10.1 Å². The molecule has 0 bridgehead atoms. The van der Waals surface area contributed by atoms with Gasteiger partial charge in [-0.3, -0.25) is 4.79 Å². The van der Waals surface area contributed by atoms with Crippen molar-refractivity contribution in [2.24, 2.45) is 0 Å². The highest BCUT2D eigenvalue weighted by molar-refractivity contribution is 7.98. The summed E-state index contributed by atoms with van der Waals surface area (Å²) in [7, 11) is 0. The van der Waals surface area contributed by atoms with E-state index in [-0.39, 0.29) is 5.91 Å². The standard InChI is InChI=1S/C16H17NO2S2/c1-20-8-4-7-17-16(18)14-9-11-10-19-13-6-3-2-5-12(13)15(11)21-14/h2-3,5-6,9H,4,7-8,10H2,1H3,(H,17,18). The molecule has 21 heavy (non-hydrogen) atoms. The van der Waals surface area contributed by atoms with E-state index < -0.39 is 0 Å². The minimum absolute atomic E-state index is 0.0213. The number of thiophene rings is 1. The van der Waals surface area contributed by atoms with Gasteiger partial charge in [-0.2, -0.15) is 11.8 Å². The summed E-state index contributed by atoms with van der Waals surface area (Å²) in [5, 5.41) is 2.98. The van der Waals surface area contributed by atoms with Gasteiger partial charge in [0.2, 0.25) is 0 Å². The predicted molar refractivity (Wildman–Crippen MR) is 89.4 cm³/mol. The fraction of sp³-hybridized carbons (Fsp3) is 0.312. The molecular formula is C16H17NO2S2. The Morgan fingerprint density at radius 1 is 1.43 bits per heavy atom. The second-order valence-corrected chi connectivity index (χ2v) is 6.89. The number of hydrogen-bond donors (Lipinski definition) is 1. The van der Waals surface area contributed by atoms with Crippen LogP contribution < -0.4 is 10.1 Å². The molecule has 1 N–H and O–H groups in total. The maximum Gasteiger partial charge on any atom is 0.261 e. The third kappa shape index (κ3) is 3.09. The number of hydrogen-bond acceptors (Lipinski definition) is 4. The van der Waals surface area contributed by atoms with E-state index in [0.29, 0.717) is 6.61 Å². The first kappa shape index (κ1) is 14.5. The van der Waals surface area contributed by atoms with E-state index in [1.165, 1.54) is 0 Å². The van der Waals surface area contributed by atoms with Crippen LogP contribution in [0.3, 0.4) is 0 Å². The summed E-state index contributed by atoms with van der Waals surface area (Å²) < 4.78 is 5.73. The molecule has 3 rings (SSSR count). The lowest BCUT2D eigenvalue weighted by Crippen LogP contribution is -2.23. The van der Waals surface area contributed by atoms with Crippen LogP contribution in [-0.2, 0) is 6.61 Å². The minimum atomic E-state index is 0.0213. The van der Waals surface area contributed by atoms with Gasteiger partial charge in [0.15, 0.2) is 0 Å². The fourth-order valence-electron chi connectivity index (χ4n) is 2.32. The van der Waals surface area contributed by atoms with E-state index in [1.54, 1.807) is 23.1 Å². The van der Waals surface area contributed by atoms with Crippen molar-refractivity contribution in [2.45, 2.75) is 13.0 Å². The Morgan fingerprint density at radius 3 is 3.14 bits per heavy atom. The Kier molecular flexibility index (Phi) is 4.51. The molecule has 0 unspecified atom stereocenters. The average molecular weight is 319 g/mol. The van der Waals surface area contributed by atoms with Crippen molar-refractivity contribution >= 4 is 29.0 Å². The molecular weight excluding hydrogens is 302 g/mol. The highest BCUT2D eigenvalue weighted by Crippen LogP contribution is 2.42. The maximum atomic E-state index is 12.2. The molecule has 1 aromatic carbocycles. The number of ether oxygens (including phenoxy) is 1. The van der Waals surface area contributed by atoms with Crippen molar-refractivity contribution in [2.75, 3.05) is 18.6 Å². The van der Waals surface area contributed by atoms with E-state index in [1.807, 2.05) is 30.3 Å². The highest BCUT2D eigenvalue weighted by atomic mass is 32.2. The molecule has 0 fully saturated rings. The van der Waals surface area contributed by atoms with Crippen LogP contribution >= 0.6 is 23.1 Å². The van der Waals surface area contributed by atoms with Crippen molar-refractivity contribution < 1.29 is 9.53 Å². The Labute approximate surface area is 132 Å². The number of thioether (sulfide) groups is 1. The summed E-state index contributed by atoms with van der Waals surface area (Å²) in [4.78, 5) is 14.1. The summed E-state index contributed by atoms with van der Waals surface area (Å²) in [6.45, 7) is 1.28. The lowest BCUT2D eigenvalue weighted by atomic mass is 10.1. The van der Waals surface area contributed by atoms with Gasteiger partial charge in [0, 0.05) is 22.5 Å². The van der Waals surface area contributed by atoms with Gasteiger partial charge >= 0.3 is 0 Å². The Morgan fingerprint density at radius 2 is 2.29 bits per heavy atom. The van der Waals surface area contributed by atoms with Gasteiger partial charge in [0.25, 0.3) is 5.91 Å². The van der Waals surface area contributed by atoms with Crippen LogP contribution in [0.2, 0.25) is 0 Å². The number of carbonyl (C=O) groups excluding carboxylic acids is 1. The summed E-state index contributed by atoms with van der Waals surface area (Å²) >= 11 is 3.35. The van der Waals surface area contributed by atoms with Crippen LogP contribution in [0.25, 0.3) is 10.4 Å². The molecule has 5 heteroatoms. The maximum absolute atomic E-state index is 12.2. The van der Waals surface area contributed by atoms with Gasteiger partial charge in [-0.15, -0.1) is 11.3 Å². The molecule has 1 aromatic heterocycles. The molecule has 0 atom stereocenters. The number of benzene rings is 1. The van der Waals surface area contributed by atoms with Crippen LogP contribution in [0.4, 0.5) is 0 Å². The van der Waals surface area contributed by atoms with Gasteiger partial charge in [-0.1, -0.05) is 12.1 Å². The smallest absolute Gasteiger partial charge is 0.261 e. The molecule has 0 saturated heterocycles. The summed E-state index contributed by atoms with van der Waals surface area (Å²) in [6.07, 6.45) is 3.08. The van der Waals surface area contributed by atoms with Crippen molar-refractivity contribution in [3.8, 4) is 16.2 Å². The molecule has 0 aliphatic carbocycles. The zero-order valence-corrected chi connectivity index (χ0v) is 13.5. The van der Waals surface area contributed by atoms with Crippen LogP contribution in [0, 0.1) is 0 Å². The first-order valence-corrected chi connectivity index (χ1v) is 9.12. The van der Waals surface area contributed by atoms with E-state index >= 15 is 0 Å². The van der Waals surface area contributed by atoms with Crippen molar-refractivity contribution in [1.82, 2.24) is 5.32 Å². The second-order valence-electron chi connectivity index (χ2n) is 4.85. The van der Waals surface area contributed by atoms with Crippen molar-refractivity contribution in [3.05, 3.63) is 40.8 Å². The number of fused-ring (bicyclic) bond motifs is 3. The monoisotopic (exact) mass is 319 g/mol. The van der Waals surface area contributed by atoms with Gasteiger partial charge in [0.1, 0.15) is 12.4 Å². The van der Waals surface area contributed by atoms with E-state index in [4.69, 9.17) is 4.74 Å². The number of rotatable bonds is 5. The van der Waals surface area contributed by atoms with Crippen LogP contribution in [0.5, 0.6) is 5.75 Å². The first-order chi connectivity index (χ1) is 10.3. The molecule has 2 aromatic rings. The van der Waals surface area contributed by atoms with Gasteiger partial charge in [-0.25, -0.2) is 0 Å². The minimum Gasteiger partial charge on any atom is -0.488 e. The molecule has 2 heterocycles. The molecule has 1 aliphatic rings. The van der Waals surface area contributed by atoms with Gasteiger partial charge in [0.05, 0.1) is 4.88 Å². The second kappa shape index (κ2) is 6.54. The molecule has 0 saturated carbocycles. The molecule has 0 spiro atoms. The van der Waals surface area contributed by atoms with Crippen LogP contribution in [0.1, 0.15) is 21.7 Å². The van der Waals surface area contributed by atoms with Crippen molar-refractivity contribution in [1.29, 1.82) is 0 Å². The summed E-state index contributed by atoms with van der Waals surface area (Å²) in [6, 6.07) is 9.94. The number of nitrogens with one attached hydrogen (secondary N) is 1. The third-order valence-corrected chi connectivity index (χ3v) is 5.26. The first-order valence-electron chi connectivity index (χ1n) is 6.91. The number of para-hydroxylation sites is 1. The zero-order valence-electron chi connectivity index (χ0n) is 11.8. The SMILES string of the molecule is CSCCCNC(=O)c1cc2c(s1)-c1ccccc1OC2. The number of carbonyl (C=O) groups is 1. The van der Waals surface area contributed by atoms with Crippen LogP contribution in [0.15, 0.2) is 30.3 Å². The van der Waals surface area contributed by atoms with E-state index in [0.717, 1.165) is 45.3 Å². The predicted octanol–water partition coefficient (Wildman–Crippen LogP) is 3.79. The molecule has 110 valence electrons. The quantitative estimate of drug-likeness (QED) is 0.852. The Balaban J connectivity index is 1.76. The van der Waals surface area contributed by atoms with E-state index in [9.17, 15) is 4.79 Å². The highest BCUT2D eigenvalue weighted by Gasteiger charge is 2.22. The Bertz CT molecular complexity index is 651. The largest absolute Gasteiger partial charge is 0.488 e. The third-order valence-electron chi connectivity index (χ3n) is 3.36. The van der Waals surface area contributed by atoms with E-state index in [2.05, 4.69) is 11.6 Å². The fourth-order valence-corrected chi connectivity index (χ4v) is 3.86. The topological polar surface area (TPSA) is 38.3 Å². The molecule has 1 amide bonds. The van der Waals surface area contributed by atoms with Gasteiger partial charge in [-0.05, 0) is 36.6 Å². The average Bonchev–Trinajstić information content (AvgIpc) is 2.96. The summed E-state index contributed by atoms with van der Waals surface area (Å²) in [5.74, 6) is 1.99. The van der Waals surface area contributed by atoms with Crippen molar-refractivity contribution in [3.63, 3.8) is 0 Å². The molecule has 1 aliphatic heterocycles. The Hall–Kier alpha value is -1.46. The lowest BCUT2D eigenvalue weighted by Gasteiger charge is -2.16. The lowest BCUT2D eigenvalue weighted by molar-refractivity contribution is 0.0958. The zero-order chi connectivity index (χ0) is 14.7. The summed E-state index contributed by atoms with van der Waals surface area (Å²) in [5.41, 5.74) is 2.19. The molecule has 3 nitrogen and oxygen atoms in total. The molecule has 0 radical (unpaired) electrons. The van der Waals surface area contributed by atoms with Crippen LogP contribution in [-0.4, -0.2) is 24.5 Å². The normalized spacial score (nSPS) is 12.2.